The molecule has 0 N–H and O–H groups in total. The van der Waals surface area contributed by atoms with Crippen molar-refractivity contribution in [3.05, 3.63) is 32.1 Å². The van der Waals surface area contributed by atoms with Crippen molar-refractivity contribution in [1.82, 2.24) is 10.1 Å². The Hall–Kier alpha value is -0.430. The van der Waals surface area contributed by atoms with E-state index >= 15 is 0 Å². The second-order valence-corrected chi connectivity index (χ2v) is 4.67. The van der Waals surface area contributed by atoms with Crippen molar-refractivity contribution in [2.75, 3.05) is 0 Å². The first kappa shape index (κ1) is 10.1. The SMILES string of the molecule is Cc1ccc(Br)c(-c2nc(I)no2)c1. The van der Waals surface area contributed by atoms with Crippen molar-refractivity contribution in [2.45, 2.75) is 6.92 Å². The molecule has 0 spiro atoms. The van der Waals surface area contributed by atoms with Crippen LogP contribution in [0.5, 0.6) is 0 Å². The van der Waals surface area contributed by atoms with Gasteiger partial charge in [-0.25, -0.2) is 0 Å². The predicted octanol–water partition coefficient (Wildman–Crippen LogP) is 3.41. The van der Waals surface area contributed by atoms with Crippen LogP contribution in [0, 0.1) is 10.8 Å². The van der Waals surface area contributed by atoms with Crippen LogP contribution in [-0.2, 0) is 0 Å². The number of rotatable bonds is 1. The summed E-state index contributed by atoms with van der Waals surface area (Å²) in [5.74, 6) is 0.546. The van der Waals surface area contributed by atoms with E-state index in [0.717, 1.165) is 15.6 Å². The van der Waals surface area contributed by atoms with Gasteiger partial charge in [-0.3, -0.25) is 0 Å². The molecular weight excluding hydrogens is 359 g/mol. The summed E-state index contributed by atoms with van der Waals surface area (Å²) in [6.07, 6.45) is 0. The van der Waals surface area contributed by atoms with Gasteiger partial charge < -0.3 is 4.52 Å². The molecule has 0 radical (unpaired) electrons. The molecule has 5 heteroatoms. The van der Waals surface area contributed by atoms with Crippen molar-refractivity contribution in [3.63, 3.8) is 0 Å². The number of halogens is 2. The van der Waals surface area contributed by atoms with Gasteiger partial charge in [-0.2, -0.15) is 4.98 Å². The fraction of sp³-hybridized carbons (Fsp3) is 0.111. The molecule has 0 aliphatic rings. The van der Waals surface area contributed by atoms with Gasteiger partial charge in [0.05, 0.1) is 5.56 Å². The minimum Gasteiger partial charge on any atom is -0.333 e. The van der Waals surface area contributed by atoms with Crippen LogP contribution in [0.3, 0.4) is 0 Å². The van der Waals surface area contributed by atoms with E-state index in [1.807, 2.05) is 47.7 Å². The van der Waals surface area contributed by atoms with E-state index in [0.29, 0.717) is 9.72 Å². The van der Waals surface area contributed by atoms with Gasteiger partial charge >= 0.3 is 0 Å². The van der Waals surface area contributed by atoms with E-state index in [1.165, 1.54) is 0 Å². The Balaban J connectivity index is 2.55. The molecule has 0 aliphatic heterocycles. The Kier molecular flexibility index (Phi) is 2.87. The Morgan fingerprint density at radius 2 is 2.21 bits per heavy atom. The molecule has 2 rings (SSSR count). The summed E-state index contributed by atoms with van der Waals surface area (Å²) in [6, 6.07) is 6.00. The standard InChI is InChI=1S/C9H6BrIN2O/c1-5-2-3-7(10)6(4-5)8-12-9(11)13-14-8/h2-4H,1H3. The molecule has 0 atom stereocenters. The second kappa shape index (κ2) is 3.98. The van der Waals surface area contributed by atoms with E-state index in [2.05, 4.69) is 26.1 Å². The highest BCUT2D eigenvalue weighted by atomic mass is 127. The quantitative estimate of drug-likeness (QED) is 0.728. The topological polar surface area (TPSA) is 38.9 Å². The summed E-state index contributed by atoms with van der Waals surface area (Å²) in [4.78, 5) is 4.16. The van der Waals surface area contributed by atoms with Crippen molar-refractivity contribution >= 4 is 38.5 Å². The Labute approximate surface area is 103 Å². The zero-order valence-electron chi connectivity index (χ0n) is 7.29. The van der Waals surface area contributed by atoms with Crippen molar-refractivity contribution in [2.24, 2.45) is 0 Å². The molecular formula is C9H6BrIN2O. The van der Waals surface area contributed by atoms with Crippen LogP contribution in [0.4, 0.5) is 0 Å². The van der Waals surface area contributed by atoms with Gasteiger partial charge in [-0.15, -0.1) is 0 Å². The summed E-state index contributed by atoms with van der Waals surface area (Å²) >= 11 is 5.46. The molecule has 1 aromatic heterocycles. The minimum absolute atomic E-state index is 0.546. The summed E-state index contributed by atoms with van der Waals surface area (Å²) in [5, 5.41) is 3.74. The van der Waals surface area contributed by atoms with Gasteiger partial charge in [0, 0.05) is 27.1 Å². The van der Waals surface area contributed by atoms with Crippen LogP contribution in [-0.4, -0.2) is 10.1 Å². The lowest BCUT2D eigenvalue weighted by molar-refractivity contribution is 0.425. The van der Waals surface area contributed by atoms with E-state index in [1.54, 1.807) is 0 Å². The smallest absolute Gasteiger partial charge is 0.259 e. The van der Waals surface area contributed by atoms with Gasteiger partial charge in [0.25, 0.3) is 5.89 Å². The zero-order chi connectivity index (χ0) is 10.1. The maximum atomic E-state index is 5.09. The maximum absolute atomic E-state index is 5.09. The third-order valence-corrected chi connectivity index (χ3v) is 2.88. The number of aromatic nitrogens is 2. The van der Waals surface area contributed by atoms with Gasteiger partial charge in [-0.05, 0) is 35.0 Å². The van der Waals surface area contributed by atoms with E-state index in [4.69, 9.17) is 4.52 Å². The fourth-order valence-corrected chi connectivity index (χ4v) is 1.85. The first-order valence-corrected chi connectivity index (χ1v) is 5.80. The molecule has 14 heavy (non-hydrogen) atoms. The number of aryl methyl sites for hydroxylation is 1. The average Bonchev–Trinajstić information content (AvgIpc) is 2.56. The molecule has 0 unspecified atom stereocenters. The number of hydrogen-bond donors (Lipinski definition) is 0. The molecule has 0 saturated heterocycles. The molecule has 0 bridgehead atoms. The van der Waals surface area contributed by atoms with Crippen molar-refractivity contribution in [1.29, 1.82) is 0 Å². The summed E-state index contributed by atoms with van der Waals surface area (Å²) in [5.41, 5.74) is 2.09. The lowest BCUT2D eigenvalue weighted by Crippen LogP contribution is -1.82. The van der Waals surface area contributed by atoms with Gasteiger partial charge in [-0.1, -0.05) is 16.8 Å². The lowest BCUT2D eigenvalue weighted by Gasteiger charge is -1.99. The minimum atomic E-state index is 0.546. The molecule has 72 valence electrons. The van der Waals surface area contributed by atoms with E-state index < -0.39 is 0 Å². The Morgan fingerprint density at radius 1 is 1.43 bits per heavy atom. The van der Waals surface area contributed by atoms with Crippen LogP contribution >= 0.6 is 38.5 Å². The van der Waals surface area contributed by atoms with Crippen molar-refractivity contribution in [3.8, 4) is 11.5 Å². The monoisotopic (exact) mass is 364 g/mol. The second-order valence-electron chi connectivity index (χ2n) is 2.85. The lowest BCUT2D eigenvalue weighted by atomic mass is 10.1. The number of benzene rings is 1. The molecule has 2 aromatic rings. The van der Waals surface area contributed by atoms with Crippen LogP contribution in [0.15, 0.2) is 27.2 Å². The van der Waals surface area contributed by atoms with E-state index in [9.17, 15) is 0 Å². The zero-order valence-corrected chi connectivity index (χ0v) is 11.0. The fourth-order valence-electron chi connectivity index (χ4n) is 1.12. The maximum Gasteiger partial charge on any atom is 0.259 e. The molecule has 3 nitrogen and oxygen atoms in total. The predicted molar refractivity (Wildman–Crippen MR) is 64.9 cm³/mol. The average molecular weight is 365 g/mol. The van der Waals surface area contributed by atoms with Gasteiger partial charge in [0.2, 0.25) is 3.83 Å². The molecule has 0 fully saturated rings. The first-order valence-electron chi connectivity index (χ1n) is 3.92. The van der Waals surface area contributed by atoms with Gasteiger partial charge in [0.1, 0.15) is 0 Å². The molecule has 0 saturated carbocycles. The highest BCUT2D eigenvalue weighted by Crippen LogP contribution is 2.27. The molecule has 1 aromatic carbocycles. The summed E-state index contributed by atoms with van der Waals surface area (Å²) in [6.45, 7) is 2.03. The molecule has 0 amide bonds. The Bertz CT molecular complexity index is 470. The number of nitrogens with zero attached hydrogens (tertiary/aromatic N) is 2. The largest absolute Gasteiger partial charge is 0.333 e. The highest BCUT2D eigenvalue weighted by molar-refractivity contribution is 14.1. The normalized spacial score (nSPS) is 10.5. The number of hydrogen-bond acceptors (Lipinski definition) is 3. The van der Waals surface area contributed by atoms with Crippen molar-refractivity contribution < 1.29 is 4.52 Å². The highest BCUT2D eigenvalue weighted by Gasteiger charge is 2.10. The van der Waals surface area contributed by atoms with Crippen LogP contribution < -0.4 is 0 Å². The molecule has 1 heterocycles. The van der Waals surface area contributed by atoms with Crippen LogP contribution in [0.1, 0.15) is 5.56 Å². The van der Waals surface area contributed by atoms with Crippen LogP contribution in [0.25, 0.3) is 11.5 Å². The first-order chi connectivity index (χ1) is 6.66. The summed E-state index contributed by atoms with van der Waals surface area (Å²) < 4.78 is 6.67. The third-order valence-electron chi connectivity index (χ3n) is 1.75. The molecule has 0 aliphatic carbocycles. The van der Waals surface area contributed by atoms with Crippen LogP contribution in [0.2, 0.25) is 0 Å². The summed E-state index contributed by atoms with van der Waals surface area (Å²) in [7, 11) is 0. The van der Waals surface area contributed by atoms with E-state index in [-0.39, 0.29) is 0 Å². The Morgan fingerprint density at radius 3 is 2.86 bits per heavy atom. The third kappa shape index (κ3) is 1.98. The van der Waals surface area contributed by atoms with Gasteiger partial charge in [0.15, 0.2) is 0 Å².